The fraction of sp³-hybridized carbons (Fsp3) is 0.636. The van der Waals surface area contributed by atoms with Gasteiger partial charge in [-0.1, -0.05) is 26.0 Å². The minimum atomic E-state index is -0.0275. The predicted molar refractivity (Wildman–Crippen MR) is 120 cm³/mol. The van der Waals surface area contributed by atoms with Gasteiger partial charge in [-0.2, -0.15) is 0 Å². The lowest BCUT2D eigenvalue weighted by Crippen LogP contribution is -2.45. The van der Waals surface area contributed by atoms with Gasteiger partial charge >= 0.3 is 0 Å². The second-order valence-corrected chi connectivity index (χ2v) is 7.89. The second-order valence-electron chi connectivity index (χ2n) is 7.89. The molecule has 1 aromatic rings. The molecular weight excluding hydrogens is 350 g/mol. The van der Waals surface area contributed by atoms with Crippen molar-refractivity contribution < 1.29 is 4.79 Å². The molecule has 0 aliphatic heterocycles. The predicted octanol–water partition coefficient (Wildman–Crippen LogP) is 3.46. The summed E-state index contributed by atoms with van der Waals surface area (Å²) in [5.74, 6) is 0.828. The molecule has 0 atom stereocenters. The van der Waals surface area contributed by atoms with Crippen LogP contribution in [-0.4, -0.2) is 48.5 Å². The highest BCUT2D eigenvalue weighted by Crippen LogP contribution is 2.11. The van der Waals surface area contributed by atoms with Crippen molar-refractivity contribution in [2.24, 2.45) is 10.9 Å². The number of carbonyl (C=O) groups excluding carboxylic acids is 1. The molecule has 0 spiro atoms. The van der Waals surface area contributed by atoms with Crippen molar-refractivity contribution in [2.45, 2.75) is 67.1 Å². The molecule has 0 unspecified atom stereocenters. The Morgan fingerprint density at radius 3 is 2.11 bits per heavy atom. The highest BCUT2D eigenvalue weighted by atomic mass is 16.1. The van der Waals surface area contributed by atoms with E-state index >= 15 is 0 Å². The van der Waals surface area contributed by atoms with Crippen LogP contribution in [0.25, 0.3) is 0 Å². The monoisotopic (exact) mass is 389 g/mol. The molecule has 28 heavy (non-hydrogen) atoms. The number of carbonyl (C=O) groups is 1. The first-order chi connectivity index (χ1) is 13.2. The van der Waals surface area contributed by atoms with E-state index in [1.165, 1.54) is 0 Å². The minimum Gasteiger partial charge on any atom is -0.357 e. The third kappa shape index (κ3) is 8.74. The summed E-state index contributed by atoms with van der Waals surface area (Å²) in [5, 5.41) is 9.63. The van der Waals surface area contributed by atoms with Crippen molar-refractivity contribution in [3.05, 3.63) is 29.8 Å². The molecular formula is C22H39N5O. The van der Waals surface area contributed by atoms with Crippen LogP contribution in [0.4, 0.5) is 5.69 Å². The summed E-state index contributed by atoms with van der Waals surface area (Å²) in [6.07, 6.45) is 0. The van der Waals surface area contributed by atoms with E-state index in [0.717, 1.165) is 36.8 Å². The van der Waals surface area contributed by atoms with E-state index in [9.17, 15) is 4.79 Å². The molecule has 1 amide bonds. The van der Waals surface area contributed by atoms with Gasteiger partial charge in [0.15, 0.2) is 5.96 Å². The molecule has 1 rings (SSSR count). The maximum Gasteiger partial charge on any atom is 0.226 e. The Kier molecular flexibility index (Phi) is 10.6. The summed E-state index contributed by atoms with van der Waals surface area (Å²) >= 11 is 0. The van der Waals surface area contributed by atoms with Crippen LogP contribution >= 0.6 is 0 Å². The average Bonchev–Trinajstić information content (AvgIpc) is 2.63. The lowest BCUT2D eigenvalue weighted by atomic mass is 10.2. The number of amides is 1. The zero-order valence-electron chi connectivity index (χ0n) is 18.7. The van der Waals surface area contributed by atoms with Gasteiger partial charge in [0.2, 0.25) is 5.91 Å². The second kappa shape index (κ2) is 12.4. The largest absolute Gasteiger partial charge is 0.357 e. The van der Waals surface area contributed by atoms with Crippen molar-refractivity contribution in [3.8, 4) is 0 Å². The summed E-state index contributed by atoms with van der Waals surface area (Å²) < 4.78 is 0. The highest BCUT2D eigenvalue weighted by molar-refractivity contribution is 5.92. The fourth-order valence-electron chi connectivity index (χ4n) is 2.91. The number of aliphatic imine (C=N–C) groups is 1. The van der Waals surface area contributed by atoms with Crippen LogP contribution < -0.4 is 16.0 Å². The van der Waals surface area contributed by atoms with E-state index in [1.54, 1.807) is 0 Å². The maximum absolute atomic E-state index is 11.8. The van der Waals surface area contributed by atoms with E-state index in [2.05, 4.69) is 60.5 Å². The summed E-state index contributed by atoms with van der Waals surface area (Å²) in [6, 6.07) is 8.90. The first-order valence-corrected chi connectivity index (χ1v) is 10.4. The smallest absolute Gasteiger partial charge is 0.226 e. The Bertz CT molecular complexity index is 600. The number of hydrogen-bond acceptors (Lipinski definition) is 3. The summed E-state index contributed by atoms with van der Waals surface area (Å²) in [4.78, 5) is 18.9. The lowest BCUT2D eigenvalue weighted by molar-refractivity contribution is -0.118. The van der Waals surface area contributed by atoms with Crippen LogP contribution in [0.15, 0.2) is 29.3 Å². The number of hydrogen-bond donors (Lipinski definition) is 3. The van der Waals surface area contributed by atoms with Crippen LogP contribution in [0.5, 0.6) is 0 Å². The quantitative estimate of drug-likeness (QED) is 0.423. The number of nitrogens with one attached hydrogen (secondary N) is 3. The Labute approximate surface area is 171 Å². The van der Waals surface area contributed by atoms with Gasteiger partial charge in [-0.3, -0.25) is 9.69 Å². The Hall–Kier alpha value is -2.08. The number of benzene rings is 1. The van der Waals surface area contributed by atoms with Gasteiger partial charge in [-0.15, -0.1) is 0 Å². The Morgan fingerprint density at radius 1 is 1.00 bits per heavy atom. The average molecular weight is 390 g/mol. The number of nitrogens with zero attached hydrogens (tertiary/aromatic N) is 2. The molecule has 6 nitrogen and oxygen atoms in total. The van der Waals surface area contributed by atoms with Gasteiger partial charge in [0.1, 0.15) is 0 Å². The molecule has 6 heteroatoms. The van der Waals surface area contributed by atoms with Crippen molar-refractivity contribution in [3.63, 3.8) is 0 Å². The zero-order chi connectivity index (χ0) is 21.1. The van der Waals surface area contributed by atoms with Crippen LogP contribution in [-0.2, 0) is 11.3 Å². The fourth-order valence-corrected chi connectivity index (χ4v) is 2.91. The molecule has 0 heterocycles. The number of guanidine groups is 1. The maximum atomic E-state index is 11.8. The number of anilines is 1. The molecule has 1 aromatic carbocycles. The van der Waals surface area contributed by atoms with E-state index in [0.29, 0.717) is 18.6 Å². The molecule has 0 bridgehead atoms. The molecule has 0 fully saturated rings. The number of rotatable bonds is 10. The third-order valence-corrected chi connectivity index (χ3v) is 4.50. The van der Waals surface area contributed by atoms with Crippen LogP contribution in [0, 0.1) is 5.92 Å². The molecule has 158 valence electrons. The van der Waals surface area contributed by atoms with E-state index in [-0.39, 0.29) is 11.8 Å². The third-order valence-electron chi connectivity index (χ3n) is 4.50. The van der Waals surface area contributed by atoms with Crippen molar-refractivity contribution in [2.75, 3.05) is 25.0 Å². The molecule has 0 saturated heterocycles. The Morgan fingerprint density at radius 2 is 1.61 bits per heavy atom. The van der Waals surface area contributed by atoms with E-state index < -0.39 is 0 Å². The molecule has 3 N–H and O–H groups in total. The molecule has 0 aliphatic carbocycles. The topological polar surface area (TPSA) is 68.8 Å². The SMILES string of the molecule is CCNC(=NCc1ccc(NC(=O)C(C)C)cc1)NCCN(C(C)C)C(C)C. The van der Waals surface area contributed by atoms with Crippen LogP contribution in [0.1, 0.15) is 54.0 Å². The van der Waals surface area contributed by atoms with Gasteiger partial charge in [0, 0.05) is 43.3 Å². The van der Waals surface area contributed by atoms with Crippen molar-refractivity contribution in [1.82, 2.24) is 15.5 Å². The van der Waals surface area contributed by atoms with E-state index in [1.807, 2.05) is 38.1 Å². The molecule has 0 aromatic heterocycles. The lowest BCUT2D eigenvalue weighted by Gasteiger charge is -2.30. The summed E-state index contributed by atoms with van der Waals surface area (Å²) in [5.41, 5.74) is 1.92. The first-order valence-electron chi connectivity index (χ1n) is 10.4. The molecule has 0 radical (unpaired) electrons. The molecule has 0 aliphatic rings. The van der Waals surface area contributed by atoms with Crippen LogP contribution in [0.3, 0.4) is 0 Å². The highest BCUT2D eigenvalue weighted by Gasteiger charge is 2.12. The van der Waals surface area contributed by atoms with Crippen LogP contribution in [0.2, 0.25) is 0 Å². The van der Waals surface area contributed by atoms with Gasteiger partial charge in [0.25, 0.3) is 0 Å². The summed E-state index contributed by atoms with van der Waals surface area (Å²) in [7, 11) is 0. The molecule has 0 saturated carbocycles. The van der Waals surface area contributed by atoms with Crippen molar-refractivity contribution >= 4 is 17.6 Å². The van der Waals surface area contributed by atoms with E-state index in [4.69, 9.17) is 0 Å². The normalized spacial score (nSPS) is 12.2. The van der Waals surface area contributed by atoms with Gasteiger partial charge in [-0.25, -0.2) is 4.99 Å². The summed E-state index contributed by atoms with van der Waals surface area (Å²) in [6.45, 7) is 18.0. The standard InChI is InChI=1S/C22H39N5O/c1-8-23-22(24-13-14-27(17(4)5)18(6)7)25-15-19-9-11-20(12-10-19)26-21(28)16(2)3/h9-12,16-18H,8,13-15H2,1-7H3,(H,26,28)(H2,23,24,25). The van der Waals surface area contributed by atoms with Crippen molar-refractivity contribution in [1.29, 1.82) is 0 Å². The first kappa shape index (κ1) is 24.0. The van der Waals surface area contributed by atoms with Gasteiger partial charge in [0.05, 0.1) is 6.54 Å². The minimum absolute atomic E-state index is 0.0275. The van der Waals surface area contributed by atoms with Gasteiger partial charge < -0.3 is 16.0 Å². The zero-order valence-corrected chi connectivity index (χ0v) is 18.7. The Balaban J connectivity index is 2.60. The van der Waals surface area contributed by atoms with Gasteiger partial charge in [-0.05, 0) is 52.3 Å².